The van der Waals surface area contributed by atoms with Crippen LogP contribution in [-0.4, -0.2) is 46.6 Å². The number of sulfone groups is 1. The van der Waals surface area contributed by atoms with Crippen molar-refractivity contribution in [3.63, 3.8) is 0 Å². The second-order valence-corrected chi connectivity index (χ2v) is 8.71. The number of rotatable bonds is 5. The molecule has 1 aliphatic heterocycles. The molecule has 3 rings (SSSR count). The van der Waals surface area contributed by atoms with Crippen LogP contribution in [0.4, 0.5) is 13.2 Å². The Morgan fingerprint density at radius 1 is 1.30 bits per heavy atom. The van der Waals surface area contributed by atoms with E-state index < -0.39 is 21.7 Å². The van der Waals surface area contributed by atoms with Crippen molar-refractivity contribution in [2.45, 2.75) is 43.9 Å². The van der Waals surface area contributed by atoms with Crippen molar-refractivity contribution in [1.29, 1.82) is 0 Å². The molecule has 2 aromatic rings. The molecule has 7 nitrogen and oxygen atoms in total. The van der Waals surface area contributed by atoms with Crippen LogP contribution >= 0.6 is 0 Å². The summed E-state index contributed by atoms with van der Waals surface area (Å²) < 4.78 is 64.7. The molecule has 0 aliphatic carbocycles. The van der Waals surface area contributed by atoms with E-state index >= 15 is 0 Å². The smallest absolute Gasteiger partial charge is 0.336 e. The highest BCUT2D eigenvalue weighted by Crippen LogP contribution is 2.33. The minimum atomic E-state index is -4.75. The Morgan fingerprint density at radius 2 is 2.00 bits per heavy atom. The van der Waals surface area contributed by atoms with Crippen LogP contribution < -0.4 is 0 Å². The average Bonchev–Trinajstić information content (AvgIpc) is 3.08. The number of carbonyl (C=O) groups excluding carboxylic acids is 1. The topological polar surface area (TPSA) is 84.6 Å². The van der Waals surface area contributed by atoms with Gasteiger partial charge in [0.2, 0.25) is 5.91 Å². The molecule has 0 aromatic carbocycles. The molecule has 0 bridgehead atoms. The zero-order chi connectivity index (χ0) is 20.0. The van der Waals surface area contributed by atoms with Gasteiger partial charge in [-0.2, -0.15) is 18.3 Å². The summed E-state index contributed by atoms with van der Waals surface area (Å²) in [6, 6.07) is 2.29. The van der Waals surface area contributed by atoms with Crippen LogP contribution in [0.15, 0.2) is 17.2 Å². The first-order valence-electron chi connectivity index (χ1n) is 8.44. The Morgan fingerprint density at radius 3 is 2.59 bits per heavy atom. The van der Waals surface area contributed by atoms with Gasteiger partial charge in [0, 0.05) is 19.2 Å². The number of fused-ring (bicyclic) bond motifs is 1. The average molecular weight is 404 g/mol. The third-order valence-corrected chi connectivity index (χ3v) is 5.50. The molecule has 2 aromatic heterocycles. The molecule has 1 atom stereocenters. The highest BCUT2D eigenvalue weighted by molar-refractivity contribution is 7.90. The maximum Gasteiger partial charge on any atom is 0.435 e. The summed E-state index contributed by atoms with van der Waals surface area (Å²) in [4.78, 5) is 17.1. The Kier molecular flexibility index (Phi) is 4.91. The van der Waals surface area contributed by atoms with Gasteiger partial charge in [-0.05, 0) is 24.5 Å². The van der Waals surface area contributed by atoms with Crippen molar-refractivity contribution in [1.82, 2.24) is 19.5 Å². The van der Waals surface area contributed by atoms with Crippen molar-refractivity contribution < 1.29 is 26.4 Å². The molecule has 1 amide bonds. The number of hydrogen-bond acceptors (Lipinski definition) is 5. The molecule has 11 heteroatoms. The largest absolute Gasteiger partial charge is 0.435 e. The first-order valence-corrected chi connectivity index (χ1v) is 10.3. The molecule has 1 saturated heterocycles. The maximum atomic E-state index is 13.5. The van der Waals surface area contributed by atoms with Gasteiger partial charge in [-0.25, -0.2) is 17.9 Å². The number of amides is 1. The maximum absolute atomic E-state index is 13.5. The van der Waals surface area contributed by atoms with Crippen LogP contribution in [0, 0.1) is 5.92 Å². The van der Waals surface area contributed by atoms with Gasteiger partial charge >= 0.3 is 6.18 Å². The van der Waals surface area contributed by atoms with E-state index in [1.807, 2.05) is 6.92 Å². The van der Waals surface area contributed by atoms with E-state index in [0.717, 1.165) is 29.7 Å². The van der Waals surface area contributed by atoms with Crippen LogP contribution in [0.1, 0.15) is 37.6 Å². The predicted molar refractivity (Wildman–Crippen MR) is 89.5 cm³/mol. The number of aromatic nitrogens is 3. The second kappa shape index (κ2) is 6.77. The number of imidazole rings is 1. The molecule has 0 N–H and O–H groups in total. The van der Waals surface area contributed by atoms with Crippen molar-refractivity contribution in [3.8, 4) is 0 Å². The van der Waals surface area contributed by atoms with Gasteiger partial charge in [-0.15, -0.1) is 0 Å². The summed E-state index contributed by atoms with van der Waals surface area (Å²) in [5.41, 5.74) is -1.62. The van der Waals surface area contributed by atoms with E-state index in [1.165, 1.54) is 11.0 Å². The van der Waals surface area contributed by atoms with Gasteiger partial charge in [-0.1, -0.05) is 13.3 Å². The van der Waals surface area contributed by atoms with Crippen LogP contribution in [0.2, 0.25) is 0 Å². The van der Waals surface area contributed by atoms with Gasteiger partial charge in [0.05, 0.1) is 12.2 Å². The van der Waals surface area contributed by atoms with Gasteiger partial charge in [0.25, 0.3) is 0 Å². The lowest BCUT2D eigenvalue weighted by Gasteiger charge is -2.17. The molecular weight excluding hydrogens is 385 g/mol. The molecule has 1 aliphatic rings. The summed E-state index contributed by atoms with van der Waals surface area (Å²) in [7, 11) is -3.71. The van der Waals surface area contributed by atoms with E-state index in [2.05, 4.69) is 10.1 Å². The van der Waals surface area contributed by atoms with Crippen LogP contribution in [0.25, 0.3) is 5.65 Å². The fourth-order valence-corrected chi connectivity index (χ4v) is 3.86. The van der Waals surface area contributed by atoms with E-state index in [9.17, 15) is 26.4 Å². The number of hydrogen-bond donors (Lipinski definition) is 0. The molecule has 1 unspecified atom stereocenters. The first kappa shape index (κ1) is 19.6. The van der Waals surface area contributed by atoms with Crippen molar-refractivity contribution in [2.24, 2.45) is 5.92 Å². The van der Waals surface area contributed by atoms with E-state index in [4.69, 9.17) is 0 Å². The monoisotopic (exact) mass is 404 g/mol. The minimum Gasteiger partial charge on any atom is -0.336 e. The number of alkyl halides is 3. The molecule has 3 heterocycles. The fraction of sp³-hybridized carbons (Fsp3) is 0.562. The SMILES string of the molecule is CCCC1CC(=O)N(Cc2c(C(F)(F)F)nc3ccc(S(C)(=O)=O)nn23)C1. The highest BCUT2D eigenvalue weighted by atomic mass is 32.2. The zero-order valence-electron chi connectivity index (χ0n) is 14.8. The quantitative estimate of drug-likeness (QED) is 0.764. The lowest BCUT2D eigenvalue weighted by atomic mass is 10.0. The van der Waals surface area contributed by atoms with E-state index in [1.54, 1.807) is 0 Å². The molecule has 27 heavy (non-hydrogen) atoms. The number of carbonyl (C=O) groups is 1. The lowest BCUT2D eigenvalue weighted by molar-refractivity contribution is -0.142. The third-order valence-electron chi connectivity index (χ3n) is 4.53. The normalized spacial score (nSPS) is 18.6. The van der Waals surface area contributed by atoms with Gasteiger partial charge in [-0.3, -0.25) is 4.79 Å². The summed E-state index contributed by atoms with van der Waals surface area (Å²) in [6.07, 6.45) is -1.83. The second-order valence-electron chi connectivity index (χ2n) is 6.75. The standard InChI is InChI=1S/C16H19F3N4O3S/c1-3-4-10-7-14(24)22(8-10)9-11-15(16(17,18)19)20-12-5-6-13(21-23(11)12)27(2,25)26/h5-6,10H,3-4,7-9H2,1-2H3. The molecule has 148 valence electrons. The van der Waals surface area contributed by atoms with Gasteiger partial charge < -0.3 is 4.90 Å². The Balaban J connectivity index is 2.07. The number of likely N-dealkylation sites (tertiary alicyclic amines) is 1. The fourth-order valence-electron chi connectivity index (χ4n) is 3.32. The summed E-state index contributed by atoms with van der Waals surface area (Å²) in [5.74, 6) is -0.119. The molecular formula is C16H19F3N4O3S. The van der Waals surface area contributed by atoms with E-state index in [0.29, 0.717) is 13.0 Å². The zero-order valence-corrected chi connectivity index (χ0v) is 15.6. The molecule has 0 saturated carbocycles. The van der Waals surface area contributed by atoms with Gasteiger partial charge in [0.1, 0.15) is 0 Å². The number of nitrogens with zero attached hydrogens (tertiary/aromatic N) is 4. The summed E-state index contributed by atoms with van der Waals surface area (Å²) >= 11 is 0. The third kappa shape index (κ3) is 3.92. The lowest BCUT2D eigenvalue weighted by Crippen LogP contribution is -2.27. The summed E-state index contributed by atoms with van der Waals surface area (Å²) in [6.45, 7) is 2.02. The molecule has 0 radical (unpaired) electrons. The van der Waals surface area contributed by atoms with Crippen LogP contribution in [0.3, 0.4) is 0 Å². The first-order chi connectivity index (χ1) is 12.5. The van der Waals surface area contributed by atoms with Gasteiger partial charge in [0.15, 0.2) is 26.2 Å². The molecule has 0 spiro atoms. The van der Waals surface area contributed by atoms with Crippen molar-refractivity contribution in [2.75, 3.05) is 12.8 Å². The highest BCUT2D eigenvalue weighted by Gasteiger charge is 2.40. The van der Waals surface area contributed by atoms with Crippen LogP contribution in [0.5, 0.6) is 0 Å². The minimum absolute atomic E-state index is 0.107. The van der Waals surface area contributed by atoms with Crippen LogP contribution in [-0.2, 0) is 27.4 Å². The Labute approximate surface area is 154 Å². The number of halogens is 3. The van der Waals surface area contributed by atoms with Crippen molar-refractivity contribution >= 4 is 21.4 Å². The Hall–Kier alpha value is -2.17. The van der Waals surface area contributed by atoms with E-state index in [-0.39, 0.29) is 34.7 Å². The summed E-state index contributed by atoms with van der Waals surface area (Å²) in [5, 5.41) is 3.47. The molecule has 1 fully saturated rings. The van der Waals surface area contributed by atoms with Crippen molar-refractivity contribution in [3.05, 3.63) is 23.5 Å². The Bertz CT molecular complexity index is 985. The predicted octanol–water partition coefficient (Wildman–Crippen LogP) is 2.30.